The Hall–Kier alpha value is -4.46. The fourth-order valence-electron chi connectivity index (χ4n) is 3.50. The summed E-state index contributed by atoms with van der Waals surface area (Å²) in [6.45, 7) is 3.24. The molecule has 2 heterocycles. The van der Waals surface area contributed by atoms with E-state index in [0.29, 0.717) is 11.1 Å². The summed E-state index contributed by atoms with van der Waals surface area (Å²) in [6, 6.07) is 12.1. The first-order valence-corrected chi connectivity index (χ1v) is 10.1. The number of aromatic nitrogens is 5. The van der Waals surface area contributed by atoms with Gasteiger partial charge in [-0.1, -0.05) is 6.07 Å². The highest BCUT2D eigenvalue weighted by Gasteiger charge is 2.31. The van der Waals surface area contributed by atoms with Gasteiger partial charge in [0.1, 0.15) is 12.0 Å². The number of nitrogens with zero attached hydrogens (tertiary/aromatic N) is 6. The van der Waals surface area contributed by atoms with Crippen molar-refractivity contribution in [3.63, 3.8) is 0 Å². The fourth-order valence-corrected chi connectivity index (χ4v) is 3.50. The Kier molecular flexibility index (Phi) is 5.66. The van der Waals surface area contributed by atoms with Crippen molar-refractivity contribution in [2.24, 2.45) is 0 Å². The first-order chi connectivity index (χ1) is 16.1. The largest absolute Gasteiger partial charge is 0.416 e. The molecule has 0 aliphatic rings. The van der Waals surface area contributed by atoms with E-state index in [9.17, 15) is 22.8 Å². The number of benzene rings is 2. The van der Waals surface area contributed by atoms with Gasteiger partial charge >= 0.3 is 11.9 Å². The van der Waals surface area contributed by atoms with Crippen molar-refractivity contribution >= 4 is 0 Å². The standard InChI is InChI=1S/C23H17F3N6O2/c1-14(2)32-21(33)19(31-13-28-29-20(31)16-8-6-15(11-27)7-9-16)12-30(22(32)34)18-5-3-4-17(10-18)23(24,25)26/h3-10,12-14H,1-2H3. The van der Waals surface area contributed by atoms with Crippen LogP contribution in [0.4, 0.5) is 13.2 Å². The van der Waals surface area contributed by atoms with Gasteiger partial charge in [0, 0.05) is 17.8 Å². The number of rotatable bonds is 4. The Morgan fingerprint density at radius 2 is 1.74 bits per heavy atom. The zero-order chi connectivity index (χ0) is 24.6. The summed E-state index contributed by atoms with van der Waals surface area (Å²) < 4.78 is 43.1. The average Bonchev–Trinajstić information content (AvgIpc) is 3.28. The number of hydrogen-bond acceptors (Lipinski definition) is 5. The molecule has 0 spiro atoms. The van der Waals surface area contributed by atoms with E-state index in [-0.39, 0.29) is 17.2 Å². The van der Waals surface area contributed by atoms with E-state index < -0.39 is 29.0 Å². The second-order valence-electron chi connectivity index (χ2n) is 7.70. The number of halogens is 3. The predicted molar refractivity (Wildman–Crippen MR) is 117 cm³/mol. The highest BCUT2D eigenvalue weighted by atomic mass is 19.4. The summed E-state index contributed by atoms with van der Waals surface area (Å²) in [5, 5.41) is 16.9. The van der Waals surface area contributed by atoms with E-state index in [1.165, 1.54) is 29.2 Å². The zero-order valence-corrected chi connectivity index (χ0v) is 18.0. The predicted octanol–water partition coefficient (Wildman–Crippen LogP) is 3.72. The molecule has 0 atom stereocenters. The van der Waals surface area contributed by atoms with Gasteiger partial charge in [-0.25, -0.2) is 4.79 Å². The van der Waals surface area contributed by atoms with Gasteiger partial charge in [-0.2, -0.15) is 18.4 Å². The minimum atomic E-state index is -4.61. The molecule has 2 aromatic carbocycles. The number of nitriles is 1. The van der Waals surface area contributed by atoms with E-state index in [1.807, 2.05) is 6.07 Å². The molecule has 172 valence electrons. The molecule has 0 N–H and O–H groups in total. The molecule has 0 fully saturated rings. The van der Waals surface area contributed by atoms with E-state index in [2.05, 4.69) is 10.2 Å². The molecule has 0 aliphatic heterocycles. The van der Waals surface area contributed by atoms with Gasteiger partial charge in [0.2, 0.25) is 0 Å². The first kappa shape index (κ1) is 22.7. The number of alkyl halides is 3. The van der Waals surface area contributed by atoms with E-state index in [1.54, 1.807) is 38.1 Å². The van der Waals surface area contributed by atoms with E-state index >= 15 is 0 Å². The minimum Gasteiger partial charge on any atom is -0.275 e. The molecule has 0 saturated heterocycles. The van der Waals surface area contributed by atoms with Gasteiger partial charge in [0.05, 0.1) is 22.9 Å². The molecule has 11 heteroatoms. The lowest BCUT2D eigenvalue weighted by Gasteiger charge is -2.17. The molecule has 4 aromatic rings. The lowest BCUT2D eigenvalue weighted by molar-refractivity contribution is -0.137. The second-order valence-corrected chi connectivity index (χ2v) is 7.70. The molecule has 0 radical (unpaired) electrons. The Morgan fingerprint density at radius 3 is 2.35 bits per heavy atom. The molecular weight excluding hydrogens is 449 g/mol. The van der Waals surface area contributed by atoms with Crippen LogP contribution in [0.2, 0.25) is 0 Å². The molecular formula is C23H17F3N6O2. The average molecular weight is 466 g/mol. The third-order valence-corrected chi connectivity index (χ3v) is 5.15. The van der Waals surface area contributed by atoms with Crippen molar-refractivity contribution < 1.29 is 13.2 Å². The molecule has 4 rings (SSSR count). The quantitative estimate of drug-likeness (QED) is 0.457. The smallest absolute Gasteiger partial charge is 0.275 e. The topological polar surface area (TPSA) is 98.5 Å². The van der Waals surface area contributed by atoms with Gasteiger partial charge in [-0.3, -0.25) is 18.5 Å². The summed E-state index contributed by atoms with van der Waals surface area (Å²) in [7, 11) is 0. The summed E-state index contributed by atoms with van der Waals surface area (Å²) in [5.74, 6) is 0.256. The van der Waals surface area contributed by atoms with Crippen molar-refractivity contribution in [3.8, 4) is 28.8 Å². The summed E-state index contributed by atoms with van der Waals surface area (Å²) in [5.41, 5.74) is -1.48. The van der Waals surface area contributed by atoms with Gasteiger partial charge in [-0.05, 0) is 56.3 Å². The zero-order valence-electron chi connectivity index (χ0n) is 18.0. The van der Waals surface area contributed by atoms with Gasteiger partial charge in [0.15, 0.2) is 5.82 Å². The summed E-state index contributed by atoms with van der Waals surface area (Å²) in [4.78, 5) is 26.4. The molecule has 0 saturated carbocycles. The van der Waals surface area contributed by atoms with Crippen LogP contribution in [-0.4, -0.2) is 23.9 Å². The van der Waals surface area contributed by atoms with Crippen molar-refractivity contribution in [1.29, 1.82) is 5.26 Å². The number of hydrogen-bond donors (Lipinski definition) is 0. The Morgan fingerprint density at radius 1 is 1.03 bits per heavy atom. The lowest BCUT2D eigenvalue weighted by Crippen LogP contribution is -2.41. The molecule has 2 aromatic heterocycles. The monoisotopic (exact) mass is 466 g/mol. The van der Waals surface area contributed by atoms with Crippen LogP contribution in [0.3, 0.4) is 0 Å². The van der Waals surface area contributed by atoms with Crippen LogP contribution in [0.1, 0.15) is 31.0 Å². The highest BCUT2D eigenvalue weighted by molar-refractivity contribution is 5.59. The van der Waals surface area contributed by atoms with Crippen LogP contribution in [0.15, 0.2) is 70.6 Å². The third-order valence-electron chi connectivity index (χ3n) is 5.15. The van der Waals surface area contributed by atoms with Crippen LogP contribution in [0.5, 0.6) is 0 Å². The van der Waals surface area contributed by atoms with Crippen LogP contribution >= 0.6 is 0 Å². The van der Waals surface area contributed by atoms with E-state index in [0.717, 1.165) is 21.3 Å². The van der Waals surface area contributed by atoms with Crippen LogP contribution < -0.4 is 11.2 Å². The van der Waals surface area contributed by atoms with E-state index in [4.69, 9.17) is 5.26 Å². The lowest BCUT2D eigenvalue weighted by atomic mass is 10.1. The van der Waals surface area contributed by atoms with Crippen molar-refractivity contribution in [2.45, 2.75) is 26.1 Å². The van der Waals surface area contributed by atoms with Crippen LogP contribution in [0, 0.1) is 11.3 Å². The SMILES string of the molecule is CC(C)n1c(=O)c(-n2cnnc2-c2ccc(C#N)cc2)cn(-c2cccc(C(F)(F)F)c2)c1=O. The van der Waals surface area contributed by atoms with Crippen LogP contribution in [-0.2, 0) is 6.18 Å². The Labute approximate surface area is 190 Å². The molecule has 34 heavy (non-hydrogen) atoms. The highest BCUT2D eigenvalue weighted by Crippen LogP contribution is 2.30. The maximum absolute atomic E-state index is 13.3. The molecule has 0 amide bonds. The minimum absolute atomic E-state index is 0.0323. The Balaban J connectivity index is 1.97. The summed E-state index contributed by atoms with van der Waals surface area (Å²) >= 11 is 0. The van der Waals surface area contributed by atoms with Gasteiger partial charge in [-0.15, -0.1) is 10.2 Å². The first-order valence-electron chi connectivity index (χ1n) is 10.1. The maximum atomic E-state index is 13.3. The van der Waals surface area contributed by atoms with Crippen molar-refractivity contribution in [1.82, 2.24) is 23.9 Å². The maximum Gasteiger partial charge on any atom is 0.416 e. The van der Waals surface area contributed by atoms with Crippen molar-refractivity contribution in [3.05, 3.63) is 93.0 Å². The van der Waals surface area contributed by atoms with Gasteiger partial charge < -0.3 is 0 Å². The normalized spacial score (nSPS) is 11.6. The molecule has 8 nitrogen and oxygen atoms in total. The van der Waals surface area contributed by atoms with Gasteiger partial charge in [0.25, 0.3) is 5.56 Å². The third kappa shape index (κ3) is 4.01. The Bertz CT molecular complexity index is 1520. The fraction of sp³-hybridized carbons (Fsp3) is 0.174. The molecule has 0 aliphatic carbocycles. The molecule has 0 unspecified atom stereocenters. The molecule has 0 bridgehead atoms. The summed E-state index contributed by atoms with van der Waals surface area (Å²) in [6.07, 6.45) is -2.16. The second kappa shape index (κ2) is 8.47. The van der Waals surface area contributed by atoms with Crippen molar-refractivity contribution in [2.75, 3.05) is 0 Å². The van der Waals surface area contributed by atoms with Crippen LogP contribution in [0.25, 0.3) is 22.8 Å².